The molecule has 0 radical (unpaired) electrons. The minimum absolute atomic E-state index is 0.582. The minimum atomic E-state index is -4.79. The van der Waals surface area contributed by atoms with Crippen molar-refractivity contribution in [3.8, 4) is 0 Å². The van der Waals surface area contributed by atoms with Gasteiger partial charge in [-0.25, -0.2) is 4.57 Å². The van der Waals surface area contributed by atoms with E-state index in [4.69, 9.17) is 14.3 Å². The van der Waals surface area contributed by atoms with Crippen molar-refractivity contribution in [3.63, 3.8) is 0 Å². The largest absolute Gasteiger partial charge is 0.548 e. The van der Waals surface area contributed by atoms with Crippen molar-refractivity contribution in [2.75, 3.05) is 12.9 Å². The third-order valence-electron chi connectivity index (χ3n) is 3.21. The maximum atomic E-state index is 10.5. The van der Waals surface area contributed by atoms with E-state index in [0.29, 0.717) is 5.75 Å². The first-order chi connectivity index (χ1) is 10.8. The van der Waals surface area contributed by atoms with E-state index in [1.165, 1.54) is 52.1 Å². The Bertz CT molecular complexity index is 387. The predicted octanol–water partition coefficient (Wildman–Crippen LogP) is 4.35. The molecule has 1 atom stereocenters. The molecule has 140 valence electrons. The van der Waals surface area contributed by atoms with Gasteiger partial charge in [-0.2, -0.15) is 0 Å². The van der Waals surface area contributed by atoms with Crippen molar-refractivity contribution < 1.29 is 33.1 Å². The maximum absolute atomic E-state index is 10.5. The third-order valence-corrected chi connectivity index (χ3v) is 7.27. The third kappa shape index (κ3) is 15.9. The van der Waals surface area contributed by atoms with Crippen LogP contribution in [0.1, 0.15) is 71.1 Å². The Kier molecular flexibility index (Phi) is 14.3. The first kappa shape index (κ1) is 23.6. The molecule has 0 bridgehead atoms. The molecule has 10 heteroatoms. The van der Waals surface area contributed by atoms with Crippen LogP contribution >= 0.6 is 14.5 Å². The molecular formula is C13H31O7P2S+. The first-order valence-electron chi connectivity index (χ1n) is 8.08. The second-order valence-electron chi connectivity index (χ2n) is 5.31. The first-order valence-corrected chi connectivity index (χ1v) is 12.8. The molecule has 0 heterocycles. The van der Waals surface area contributed by atoms with Gasteiger partial charge in [0.15, 0.2) is 5.75 Å². The zero-order valence-electron chi connectivity index (χ0n) is 14.1. The molecule has 0 saturated carbocycles. The highest BCUT2D eigenvalue weighted by atomic mass is 32.5. The lowest BCUT2D eigenvalue weighted by molar-refractivity contribution is -0.134. The second-order valence-corrected chi connectivity index (χ2v) is 10.7. The molecule has 0 aliphatic heterocycles. The standard InChI is InChI=1S/C13H30O7P2S/c1-3-4-5-6-7-8-9-10-11-12-13-23-22(17,18-2)20-19-21(14,15)16/h3-13H2,1-2H3,(H2-,14,15,16,17)/p+1. The van der Waals surface area contributed by atoms with Crippen LogP contribution in [0.15, 0.2) is 0 Å². The van der Waals surface area contributed by atoms with Crippen LogP contribution < -0.4 is 0 Å². The monoisotopic (exact) mass is 393 g/mol. The van der Waals surface area contributed by atoms with E-state index in [0.717, 1.165) is 30.2 Å². The van der Waals surface area contributed by atoms with Gasteiger partial charge < -0.3 is 9.79 Å². The quantitative estimate of drug-likeness (QED) is 0.125. The Morgan fingerprint density at radius 1 is 0.826 bits per heavy atom. The van der Waals surface area contributed by atoms with Crippen LogP contribution in [0.5, 0.6) is 0 Å². The Morgan fingerprint density at radius 2 is 1.30 bits per heavy atom. The molecule has 0 aromatic rings. The second kappa shape index (κ2) is 13.9. The summed E-state index contributed by atoms with van der Waals surface area (Å²) in [6.07, 6.45) is 12.1. The molecule has 0 aromatic heterocycles. The fourth-order valence-electron chi connectivity index (χ4n) is 1.96. The number of hydrogen-bond acceptors (Lipinski definition) is 4. The summed E-state index contributed by atoms with van der Waals surface area (Å²) in [6.45, 7) is -1.20. The highest BCUT2D eigenvalue weighted by Gasteiger charge is 2.34. The zero-order valence-corrected chi connectivity index (χ0v) is 16.7. The number of rotatable bonds is 15. The molecule has 23 heavy (non-hydrogen) atoms. The van der Waals surface area contributed by atoms with E-state index in [2.05, 4.69) is 16.3 Å². The maximum Gasteiger partial charge on any atom is 0.548 e. The molecule has 0 saturated heterocycles. The number of hydrogen-bond donors (Lipinski definition) is 3. The molecule has 3 N–H and O–H groups in total. The summed E-state index contributed by atoms with van der Waals surface area (Å²) < 4.78 is 23.5. The summed E-state index contributed by atoms with van der Waals surface area (Å²) >= 11 is 0. The molecule has 0 rings (SSSR count). The molecular weight excluding hydrogens is 362 g/mol. The Labute approximate surface area is 143 Å². The fraction of sp³-hybridized carbons (Fsp3) is 1.00. The van der Waals surface area contributed by atoms with Crippen LogP contribution in [0.3, 0.4) is 0 Å². The SMILES string of the molecule is CCCCCCCCCCCC[S+]=P(O)(OC)OOP(=O)(O)O. The average Bonchev–Trinajstić information content (AvgIpc) is 2.50. The Morgan fingerprint density at radius 3 is 1.74 bits per heavy atom. The van der Waals surface area contributed by atoms with Gasteiger partial charge in [0.1, 0.15) is 0 Å². The topological polar surface area (TPSA) is 105 Å². The van der Waals surface area contributed by atoms with Gasteiger partial charge in [-0.3, -0.25) is 9.42 Å². The van der Waals surface area contributed by atoms with E-state index in [1.54, 1.807) is 0 Å². The van der Waals surface area contributed by atoms with Crippen LogP contribution in [0.2, 0.25) is 0 Å². The van der Waals surface area contributed by atoms with Crippen LogP contribution in [-0.4, -0.2) is 27.5 Å². The van der Waals surface area contributed by atoms with E-state index in [-0.39, 0.29) is 0 Å². The summed E-state index contributed by atoms with van der Waals surface area (Å²) in [7, 11) is -2.58. The van der Waals surface area contributed by atoms with Crippen molar-refractivity contribution >= 4 is 25.5 Å². The lowest BCUT2D eigenvalue weighted by Crippen LogP contribution is -1.96. The smallest absolute Gasteiger partial charge is 0.301 e. The van der Waals surface area contributed by atoms with Crippen molar-refractivity contribution in [1.29, 1.82) is 0 Å². The van der Waals surface area contributed by atoms with Gasteiger partial charge >= 0.3 is 14.5 Å². The van der Waals surface area contributed by atoms with E-state index in [1.807, 2.05) is 0 Å². The van der Waals surface area contributed by atoms with Gasteiger partial charge in [0.25, 0.3) is 0 Å². The van der Waals surface area contributed by atoms with Crippen LogP contribution in [0.25, 0.3) is 0 Å². The molecule has 0 fully saturated rings. The normalized spacial score (nSPS) is 14.7. The van der Waals surface area contributed by atoms with Crippen LogP contribution in [0, 0.1) is 0 Å². The van der Waals surface area contributed by atoms with Gasteiger partial charge in [0, 0.05) is 13.5 Å². The van der Waals surface area contributed by atoms with Gasteiger partial charge in [0.2, 0.25) is 10.9 Å². The zero-order chi connectivity index (χ0) is 17.6. The Balaban J connectivity index is 3.71. The van der Waals surface area contributed by atoms with Crippen molar-refractivity contribution in [1.82, 2.24) is 0 Å². The highest BCUT2D eigenvalue weighted by molar-refractivity contribution is 8.17. The number of unbranched alkanes of at least 4 members (excludes halogenated alkanes) is 9. The summed E-state index contributed by atoms with van der Waals surface area (Å²) in [5, 5.41) is 0. The summed E-state index contributed by atoms with van der Waals surface area (Å²) in [5.74, 6) is 0.582. The summed E-state index contributed by atoms with van der Waals surface area (Å²) in [4.78, 5) is 27.0. The molecule has 0 spiro atoms. The van der Waals surface area contributed by atoms with Crippen molar-refractivity contribution in [3.05, 3.63) is 0 Å². The molecule has 0 amide bonds. The predicted molar refractivity (Wildman–Crippen MR) is 94.4 cm³/mol. The highest BCUT2D eigenvalue weighted by Crippen LogP contribution is 2.51. The van der Waals surface area contributed by atoms with Gasteiger partial charge in [-0.05, 0) is 6.42 Å². The molecule has 7 nitrogen and oxygen atoms in total. The minimum Gasteiger partial charge on any atom is -0.301 e. The Hall–Kier alpha value is 0.640. The molecule has 1 unspecified atom stereocenters. The lowest BCUT2D eigenvalue weighted by atomic mass is 10.1. The average molecular weight is 393 g/mol. The van der Waals surface area contributed by atoms with Gasteiger partial charge in [0.05, 0.1) is 0 Å². The van der Waals surface area contributed by atoms with E-state index in [9.17, 15) is 9.46 Å². The molecule has 0 aliphatic rings. The summed E-state index contributed by atoms with van der Waals surface area (Å²) in [5.41, 5.74) is 0. The van der Waals surface area contributed by atoms with Gasteiger partial charge in [-0.1, -0.05) is 58.3 Å². The van der Waals surface area contributed by atoms with E-state index >= 15 is 0 Å². The van der Waals surface area contributed by atoms with Gasteiger partial charge in [-0.15, -0.1) is 9.35 Å². The molecule has 0 aromatic carbocycles. The van der Waals surface area contributed by atoms with Crippen molar-refractivity contribution in [2.24, 2.45) is 0 Å². The number of phosphoric acid groups is 1. The van der Waals surface area contributed by atoms with Crippen LogP contribution in [-0.2, 0) is 29.4 Å². The van der Waals surface area contributed by atoms with E-state index < -0.39 is 14.5 Å². The van der Waals surface area contributed by atoms with Crippen LogP contribution in [0.4, 0.5) is 0 Å². The lowest BCUT2D eigenvalue weighted by Gasteiger charge is -2.06. The summed E-state index contributed by atoms with van der Waals surface area (Å²) in [6, 6.07) is 0. The fourth-order valence-corrected chi connectivity index (χ4v) is 5.19. The molecule has 0 aliphatic carbocycles. The van der Waals surface area contributed by atoms with Crippen molar-refractivity contribution in [2.45, 2.75) is 71.1 Å².